The first-order valence-electron chi connectivity index (χ1n) is 4.08. The van der Waals surface area contributed by atoms with Crippen molar-refractivity contribution in [3.8, 4) is 0 Å². The summed E-state index contributed by atoms with van der Waals surface area (Å²) < 4.78 is 24.7. The van der Waals surface area contributed by atoms with E-state index in [-0.39, 0.29) is 5.69 Å². The Bertz CT molecular complexity index is 462. The molecular formula is C8H7F2N3O3. The quantitative estimate of drug-likeness (QED) is 0.626. The number of nitro groups is 1. The van der Waals surface area contributed by atoms with Gasteiger partial charge in [-0.1, -0.05) is 0 Å². The van der Waals surface area contributed by atoms with E-state index in [2.05, 4.69) is 4.98 Å². The second kappa shape index (κ2) is 4.17. The van der Waals surface area contributed by atoms with Gasteiger partial charge in [-0.2, -0.15) is 0 Å². The van der Waals surface area contributed by atoms with Crippen molar-refractivity contribution in [2.45, 2.75) is 13.3 Å². The van der Waals surface area contributed by atoms with E-state index >= 15 is 0 Å². The van der Waals surface area contributed by atoms with Crippen molar-refractivity contribution in [2.75, 3.05) is 0 Å². The molecule has 6 nitrogen and oxygen atoms in total. The Hall–Kier alpha value is -2.12. The molecule has 0 aliphatic heterocycles. The van der Waals surface area contributed by atoms with Crippen LogP contribution in [-0.4, -0.2) is 15.8 Å². The van der Waals surface area contributed by atoms with Crippen LogP contribution in [0.5, 0.6) is 0 Å². The normalized spacial score (nSPS) is 10.5. The number of alkyl halides is 2. The van der Waals surface area contributed by atoms with Crippen molar-refractivity contribution in [1.29, 1.82) is 0 Å². The minimum absolute atomic E-state index is 0.267. The van der Waals surface area contributed by atoms with Crippen molar-refractivity contribution in [2.24, 2.45) is 5.73 Å². The monoisotopic (exact) mass is 231 g/mol. The maximum atomic E-state index is 12.3. The first-order chi connectivity index (χ1) is 7.34. The van der Waals surface area contributed by atoms with Crippen molar-refractivity contribution in [3.05, 3.63) is 33.1 Å². The Labute approximate surface area is 88.2 Å². The molecule has 0 fully saturated rings. The summed E-state index contributed by atoms with van der Waals surface area (Å²) in [6.07, 6.45) is -2.92. The first-order valence-corrected chi connectivity index (χ1v) is 4.08. The van der Waals surface area contributed by atoms with Gasteiger partial charge in [-0.05, 0) is 13.0 Å². The standard InChI is InChI=1S/C8H7F2N3O3/c1-3-6(13(15)16)4(8(11)14)2-5(12-3)7(9)10/h2,7H,1H3,(H2,11,14). The van der Waals surface area contributed by atoms with Gasteiger partial charge in [-0.25, -0.2) is 13.8 Å². The van der Waals surface area contributed by atoms with Gasteiger partial charge in [0.15, 0.2) is 0 Å². The molecule has 16 heavy (non-hydrogen) atoms. The lowest BCUT2D eigenvalue weighted by Gasteiger charge is -2.05. The fourth-order valence-electron chi connectivity index (χ4n) is 1.22. The van der Waals surface area contributed by atoms with Crippen LogP contribution in [-0.2, 0) is 0 Å². The highest BCUT2D eigenvalue weighted by Gasteiger charge is 2.25. The predicted molar refractivity (Wildman–Crippen MR) is 49.1 cm³/mol. The summed E-state index contributed by atoms with van der Waals surface area (Å²) in [6.45, 7) is 1.16. The number of halogens is 2. The molecule has 2 N–H and O–H groups in total. The minimum Gasteiger partial charge on any atom is -0.365 e. The highest BCUT2D eigenvalue weighted by atomic mass is 19.3. The van der Waals surface area contributed by atoms with Crippen LogP contribution in [0.2, 0.25) is 0 Å². The fourth-order valence-corrected chi connectivity index (χ4v) is 1.22. The number of nitrogens with two attached hydrogens (primary N) is 1. The van der Waals surface area contributed by atoms with E-state index in [4.69, 9.17) is 5.73 Å². The number of carbonyl (C=O) groups excluding carboxylic acids is 1. The van der Waals surface area contributed by atoms with E-state index in [9.17, 15) is 23.7 Å². The molecule has 0 radical (unpaired) electrons. The Morgan fingerprint density at radius 1 is 1.62 bits per heavy atom. The number of amides is 1. The minimum atomic E-state index is -2.92. The number of primary amides is 1. The Morgan fingerprint density at radius 3 is 2.56 bits per heavy atom. The van der Waals surface area contributed by atoms with E-state index in [0.717, 1.165) is 6.92 Å². The van der Waals surface area contributed by atoms with Crippen LogP contribution >= 0.6 is 0 Å². The van der Waals surface area contributed by atoms with Crippen LogP contribution in [0.1, 0.15) is 28.2 Å². The SMILES string of the molecule is Cc1nc(C(F)F)cc(C(N)=O)c1[N+](=O)[O-]. The van der Waals surface area contributed by atoms with Crippen LogP contribution in [0.3, 0.4) is 0 Å². The van der Waals surface area contributed by atoms with Crippen molar-refractivity contribution in [3.63, 3.8) is 0 Å². The molecule has 8 heteroatoms. The molecule has 1 aromatic rings. The number of hydrogen-bond donors (Lipinski definition) is 1. The molecule has 0 spiro atoms. The molecule has 0 aliphatic rings. The van der Waals surface area contributed by atoms with E-state index in [1.165, 1.54) is 0 Å². The summed E-state index contributed by atoms with van der Waals surface area (Å²) in [5.41, 5.74) is 2.69. The van der Waals surface area contributed by atoms with Crippen LogP contribution in [0.4, 0.5) is 14.5 Å². The largest absolute Gasteiger partial charge is 0.365 e. The number of aromatic nitrogens is 1. The first kappa shape index (κ1) is 12.0. The molecule has 1 aromatic heterocycles. The van der Waals surface area contributed by atoms with Gasteiger partial charge in [0.25, 0.3) is 12.3 Å². The predicted octanol–water partition coefficient (Wildman–Crippen LogP) is 1.33. The lowest BCUT2D eigenvalue weighted by atomic mass is 10.1. The summed E-state index contributed by atoms with van der Waals surface area (Å²) >= 11 is 0. The number of hydrogen-bond acceptors (Lipinski definition) is 4. The molecule has 0 atom stereocenters. The van der Waals surface area contributed by atoms with E-state index in [1.807, 2.05) is 0 Å². The zero-order chi connectivity index (χ0) is 12.5. The molecular weight excluding hydrogens is 224 g/mol. The molecule has 0 unspecified atom stereocenters. The Balaban J connectivity index is 3.52. The van der Waals surface area contributed by atoms with Crippen LogP contribution in [0.25, 0.3) is 0 Å². The number of carbonyl (C=O) groups is 1. The highest BCUT2D eigenvalue weighted by Crippen LogP contribution is 2.26. The average molecular weight is 231 g/mol. The van der Waals surface area contributed by atoms with Gasteiger partial charge < -0.3 is 5.73 Å². The maximum Gasteiger partial charge on any atom is 0.303 e. The summed E-state index contributed by atoms with van der Waals surface area (Å²) in [6, 6.07) is 0.637. The molecule has 0 saturated heterocycles. The van der Waals surface area contributed by atoms with Gasteiger partial charge in [-0.15, -0.1) is 0 Å². The zero-order valence-corrected chi connectivity index (χ0v) is 8.11. The second-order valence-corrected chi connectivity index (χ2v) is 2.95. The van der Waals surface area contributed by atoms with Gasteiger partial charge >= 0.3 is 5.69 Å². The Morgan fingerprint density at radius 2 is 2.19 bits per heavy atom. The molecule has 1 heterocycles. The maximum absolute atomic E-state index is 12.3. The third-order valence-corrected chi connectivity index (χ3v) is 1.86. The summed E-state index contributed by atoms with van der Waals surface area (Å²) in [5.74, 6) is -1.14. The van der Waals surface area contributed by atoms with Gasteiger partial charge in [0.05, 0.1) is 4.92 Å². The average Bonchev–Trinajstić information content (AvgIpc) is 2.15. The third kappa shape index (κ3) is 2.10. The van der Waals surface area contributed by atoms with Crippen molar-refractivity contribution in [1.82, 2.24) is 4.98 Å². The number of rotatable bonds is 3. The lowest BCUT2D eigenvalue weighted by molar-refractivity contribution is -0.386. The number of nitrogens with zero attached hydrogens (tertiary/aromatic N) is 2. The molecule has 0 saturated carbocycles. The molecule has 0 bridgehead atoms. The van der Waals surface area contributed by atoms with Crippen LogP contribution in [0.15, 0.2) is 6.07 Å². The number of aryl methyl sites for hydroxylation is 1. The zero-order valence-electron chi connectivity index (χ0n) is 8.11. The number of pyridine rings is 1. The second-order valence-electron chi connectivity index (χ2n) is 2.95. The van der Waals surface area contributed by atoms with Gasteiger partial charge in [-0.3, -0.25) is 14.9 Å². The highest BCUT2D eigenvalue weighted by molar-refractivity contribution is 5.97. The molecule has 0 aliphatic carbocycles. The van der Waals surface area contributed by atoms with Crippen molar-refractivity contribution < 1.29 is 18.5 Å². The molecule has 0 aromatic carbocycles. The molecule has 1 amide bonds. The lowest BCUT2D eigenvalue weighted by Crippen LogP contribution is -2.16. The van der Waals surface area contributed by atoms with Crippen LogP contribution in [0, 0.1) is 17.0 Å². The fraction of sp³-hybridized carbons (Fsp3) is 0.250. The van der Waals surface area contributed by atoms with Crippen LogP contribution < -0.4 is 5.73 Å². The topological polar surface area (TPSA) is 99.1 Å². The smallest absolute Gasteiger partial charge is 0.303 e. The molecule has 86 valence electrons. The van der Waals surface area contributed by atoms with Gasteiger partial charge in [0, 0.05) is 0 Å². The van der Waals surface area contributed by atoms with Crippen molar-refractivity contribution >= 4 is 11.6 Å². The van der Waals surface area contributed by atoms with E-state index in [0.29, 0.717) is 6.07 Å². The third-order valence-electron chi connectivity index (χ3n) is 1.86. The van der Waals surface area contributed by atoms with Gasteiger partial charge in [0.2, 0.25) is 0 Å². The van der Waals surface area contributed by atoms with E-state index in [1.54, 1.807) is 0 Å². The summed E-state index contributed by atoms with van der Waals surface area (Å²) in [5, 5.41) is 10.6. The molecule has 1 rings (SSSR count). The summed E-state index contributed by atoms with van der Waals surface area (Å²) in [7, 11) is 0. The summed E-state index contributed by atoms with van der Waals surface area (Å²) in [4.78, 5) is 24.0. The Kier molecular flexibility index (Phi) is 3.11. The van der Waals surface area contributed by atoms with E-state index < -0.39 is 34.2 Å². The van der Waals surface area contributed by atoms with Gasteiger partial charge in [0.1, 0.15) is 17.0 Å².